The van der Waals surface area contributed by atoms with Crippen LogP contribution >= 0.6 is 0 Å². The van der Waals surface area contributed by atoms with Crippen LogP contribution in [0.25, 0.3) is 0 Å². The van der Waals surface area contributed by atoms with E-state index >= 15 is 0 Å². The molecular formula is C14H26N2. The third kappa shape index (κ3) is 3.60. The molecule has 0 unspecified atom stereocenters. The molecule has 0 fully saturated rings. The first-order valence-corrected chi connectivity index (χ1v) is 6.14. The van der Waals surface area contributed by atoms with Crippen LogP contribution in [0.4, 0.5) is 0 Å². The zero-order valence-corrected chi connectivity index (χ0v) is 11.5. The van der Waals surface area contributed by atoms with Gasteiger partial charge in [-0.25, -0.2) is 0 Å². The molecule has 1 aromatic rings. The van der Waals surface area contributed by atoms with Gasteiger partial charge in [0, 0.05) is 23.9 Å². The van der Waals surface area contributed by atoms with Gasteiger partial charge in [-0.15, -0.1) is 0 Å². The molecule has 0 saturated heterocycles. The molecule has 0 aliphatic heterocycles. The second-order valence-electron chi connectivity index (χ2n) is 4.63. The van der Waals surface area contributed by atoms with E-state index in [9.17, 15) is 0 Å². The first-order chi connectivity index (χ1) is 7.48. The molecule has 0 spiro atoms. The first kappa shape index (κ1) is 15.1. The Morgan fingerprint density at radius 3 is 2.12 bits per heavy atom. The fraction of sp³-hybridized carbons (Fsp3) is 0.643. The molecule has 2 nitrogen and oxygen atoms in total. The van der Waals surface area contributed by atoms with Gasteiger partial charge in [-0.2, -0.15) is 0 Å². The van der Waals surface area contributed by atoms with Gasteiger partial charge < -0.3 is 5.73 Å². The first-order valence-electron chi connectivity index (χ1n) is 6.14. The Morgan fingerprint density at radius 1 is 1.25 bits per heavy atom. The summed E-state index contributed by atoms with van der Waals surface area (Å²) >= 11 is 0. The lowest BCUT2D eigenvalue weighted by atomic mass is 9.78. The minimum Gasteiger partial charge on any atom is -0.326 e. The zero-order valence-electron chi connectivity index (χ0n) is 11.5. The summed E-state index contributed by atoms with van der Waals surface area (Å²) in [6.07, 6.45) is 1.87. The molecule has 0 amide bonds. The van der Waals surface area contributed by atoms with E-state index in [-0.39, 0.29) is 5.41 Å². The number of hydrogen-bond acceptors (Lipinski definition) is 2. The van der Waals surface area contributed by atoms with Crippen LogP contribution in [0.1, 0.15) is 52.8 Å². The molecule has 2 N–H and O–H groups in total. The third-order valence-electron chi connectivity index (χ3n) is 3.16. The van der Waals surface area contributed by atoms with Crippen molar-refractivity contribution in [3.63, 3.8) is 0 Å². The molecule has 2 heteroatoms. The molecule has 0 aromatic carbocycles. The van der Waals surface area contributed by atoms with E-state index in [4.69, 9.17) is 5.73 Å². The highest BCUT2D eigenvalue weighted by molar-refractivity contribution is 5.20. The molecule has 0 aliphatic rings. The maximum atomic E-state index is 5.53. The molecule has 0 bridgehead atoms. The predicted octanol–water partition coefficient (Wildman–Crippen LogP) is 3.50. The van der Waals surface area contributed by atoms with Gasteiger partial charge >= 0.3 is 0 Å². The summed E-state index contributed by atoms with van der Waals surface area (Å²) in [5.74, 6) is 0.582. The largest absolute Gasteiger partial charge is 0.326 e. The van der Waals surface area contributed by atoms with Crippen LogP contribution in [0.3, 0.4) is 0 Å². The molecule has 16 heavy (non-hydrogen) atoms. The van der Waals surface area contributed by atoms with Crippen LogP contribution in [-0.4, -0.2) is 4.98 Å². The summed E-state index contributed by atoms with van der Waals surface area (Å²) in [6.45, 7) is 13.5. The second kappa shape index (κ2) is 6.64. The van der Waals surface area contributed by atoms with Crippen LogP contribution in [0, 0.1) is 5.92 Å². The van der Waals surface area contributed by atoms with Crippen LogP contribution in [-0.2, 0) is 12.0 Å². The average molecular weight is 222 g/mol. The molecule has 0 radical (unpaired) electrons. The molecule has 0 aliphatic carbocycles. The lowest BCUT2D eigenvalue weighted by Crippen LogP contribution is -2.25. The van der Waals surface area contributed by atoms with Gasteiger partial charge in [-0.05, 0) is 17.5 Å². The van der Waals surface area contributed by atoms with Gasteiger partial charge in [0.1, 0.15) is 0 Å². The minimum atomic E-state index is 0.132. The topological polar surface area (TPSA) is 38.9 Å². The maximum absolute atomic E-state index is 5.53. The second-order valence-corrected chi connectivity index (χ2v) is 4.63. The molecule has 92 valence electrons. The van der Waals surface area contributed by atoms with Crippen LogP contribution in [0.15, 0.2) is 18.3 Å². The number of aromatic nitrogens is 1. The quantitative estimate of drug-likeness (QED) is 0.850. The van der Waals surface area contributed by atoms with Gasteiger partial charge in [0.15, 0.2) is 0 Å². The van der Waals surface area contributed by atoms with Crippen molar-refractivity contribution < 1.29 is 0 Å². The van der Waals surface area contributed by atoms with Crippen molar-refractivity contribution in [2.75, 3.05) is 0 Å². The van der Waals surface area contributed by atoms with Crippen LogP contribution < -0.4 is 5.73 Å². The molecule has 1 heterocycles. The highest BCUT2D eigenvalue weighted by Crippen LogP contribution is 2.29. The number of nitrogens with zero attached hydrogens (tertiary/aromatic N) is 1. The van der Waals surface area contributed by atoms with Gasteiger partial charge in [0.25, 0.3) is 0 Å². The van der Waals surface area contributed by atoms with Crippen molar-refractivity contribution in [3.8, 4) is 0 Å². The Kier molecular flexibility index (Phi) is 6.27. The molecular weight excluding hydrogens is 196 g/mol. The normalized spacial score (nSPS) is 11.0. The van der Waals surface area contributed by atoms with Gasteiger partial charge in [0.2, 0.25) is 0 Å². The van der Waals surface area contributed by atoms with Crippen LogP contribution in [0.5, 0.6) is 0 Å². The fourth-order valence-corrected chi connectivity index (χ4v) is 1.22. The van der Waals surface area contributed by atoms with E-state index in [2.05, 4.69) is 44.8 Å². The highest BCUT2D eigenvalue weighted by Gasteiger charge is 2.25. The molecule has 1 rings (SSSR count). The average Bonchev–Trinajstić information content (AvgIpc) is 2.31. The van der Waals surface area contributed by atoms with E-state index in [0.29, 0.717) is 12.5 Å². The standard InChI is InChI=1S/C12H20N2.C2H6/c1-9(2)12(3,4)11-6-5-10(7-13)8-14-11;1-2/h5-6,8-9H,7,13H2,1-4H3;1-2H3. The summed E-state index contributed by atoms with van der Waals surface area (Å²) in [7, 11) is 0. The van der Waals surface area contributed by atoms with E-state index < -0.39 is 0 Å². The van der Waals surface area contributed by atoms with Gasteiger partial charge in [-0.1, -0.05) is 47.6 Å². The number of rotatable bonds is 3. The van der Waals surface area contributed by atoms with E-state index in [1.165, 1.54) is 0 Å². The predicted molar refractivity (Wildman–Crippen MR) is 71.3 cm³/mol. The monoisotopic (exact) mass is 222 g/mol. The highest BCUT2D eigenvalue weighted by atomic mass is 14.7. The van der Waals surface area contributed by atoms with Crippen molar-refractivity contribution in [3.05, 3.63) is 29.6 Å². The van der Waals surface area contributed by atoms with E-state index in [1.807, 2.05) is 20.0 Å². The van der Waals surface area contributed by atoms with Crippen LogP contribution in [0.2, 0.25) is 0 Å². The van der Waals surface area contributed by atoms with E-state index in [0.717, 1.165) is 11.3 Å². The number of nitrogens with two attached hydrogens (primary N) is 1. The maximum Gasteiger partial charge on any atom is 0.0462 e. The number of hydrogen-bond donors (Lipinski definition) is 1. The smallest absolute Gasteiger partial charge is 0.0462 e. The van der Waals surface area contributed by atoms with Crippen molar-refractivity contribution in [1.82, 2.24) is 4.98 Å². The Labute approximate surface area is 100 Å². The summed E-state index contributed by atoms with van der Waals surface area (Å²) < 4.78 is 0. The van der Waals surface area contributed by atoms with Crippen molar-refractivity contribution >= 4 is 0 Å². The lowest BCUT2D eigenvalue weighted by Gasteiger charge is -2.28. The number of pyridine rings is 1. The Morgan fingerprint density at radius 2 is 1.81 bits per heavy atom. The summed E-state index contributed by atoms with van der Waals surface area (Å²) in [5.41, 5.74) is 7.90. The van der Waals surface area contributed by atoms with E-state index in [1.54, 1.807) is 0 Å². The van der Waals surface area contributed by atoms with Crippen molar-refractivity contribution in [2.45, 2.75) is 53.5 Å². The Balaban J connectivity index is 0.00000106. The summed E-state index contributed by atoms with van der Waals surface area (Å²) in [6, 6.07) is 4.15. The van der Waals surface area contributed by atoms with Gasteiger partial charge in [0.05, 0.1) is 0 Å². The third-order valence-corrected chi connectivity index (χ3v) is 3.16. The molecule has 1 aromatic heterocycles. The Bertz CT molecular complexity index is 286. The minimum absolute atomic E-state index is 0.132. The molecule has 0 saturated carbocycles. The van der Waals surface area contributed by atoms with Crippen molar-refractivity contribution in [1.29, 1.82) is 0 Å². The van der Waals surface area contributed by atoms with Gasteiger partial charge in [-0.3, -0.25) is 4.98 Å². The van der Waals surface area contributed by atoms with Crippen molar-refractivity contribution in [2.24, 2.45) is 11.7 Å². The summed E-state index contributed by atoms with van der Waals surface area (Å²) in [4.78, 5) is 4.46. The lowest BCUT2D eigenvalue weighted by molar-refractivity contribution is 0.362. The fourth-order valence-electron chi connectivity index (χ4n) is 1.22. The SMILES string of the molecule is CC.CC(C)C(C)(C)c1ccc(CN)cn1. The zero-order chi connectivity index (χ0) is 12.8. The molecule has 0 atom stereocenters. The summed E-state index contributed by atoms with van der Waals surface area (Å²) in [5, 5.41) is 0. The Hall–Kier alpha value is -0.890.